The summed E-state index contributed by atoms with van der Waals surface area (Å²) in [6.07, 6.45) is 2.32. The predicted molar refractivity (Wildman–Crippen MR) is 35.7 cm³/mol. The van der Waals surface area contributed by atoms with E-state index in [0.29, 0.717) is 6.54 Å². The molecule has 1 fully saturated rings. The molecule has 2 nitrogen and oxygen atoms in total. The van der Waals surface area contributed by atoms with E-state index in [0.717, 1.165) is 19.5 Å². The third kappa shape index (κ3) is 1.80. The van der Waals surface area contributed by atoms with E-state index in [4.69, 9.17) is 0 Å². The largest absolute Gasteiger partial charge is 0.297 e. The number of nitrogens with zero attached hydrogens (tertiary/aromatic N) is 1. The molecule has 1 rings (SSSR count). The maximum atomic E-state index is 10.7. The Morgan fingerprint density at radius 2 is 2.56 bits per heavy atom. The Kier molecular flexibility index (Phi) is 2.25. The van der Waals surface area contributed by atoms with E-state index in [-0.39, 0.29) is 6.10 Å². The smallest absolute Gasteiger partial charge is 0.107 e. The highest BCUT2D eigenvalue weighted by molar-refractivity contribution is 4.80. The summed E-state index contributed by atoms with van der Waals surface area (Å²) in [7, 11) is 0. The van der Waals surface area contributed by atoms with Crippen molar-refractivity contribution in [3.63, 3.8) is 0 Å². The van der Waals surface area contributed by atoms with Crippen LogP contribution < -0.4 is 0 Å². The van der Waals surface area contributed by atoms with Gasteiger partial charge in [0, 0.05) is 19.6 Å². The zero-order chi connectivity index (χ0) is 6.69. The van der Waals surface area contributed by atoms with Crippen molar-refractivity contribution in [3.05, 3.63) is 12.7 Å². The summed E-state index contributed by atoms with van der Waals surface area (Å²) in [6, 6.07) is 0. The monoisotopic (exact) mass is 126 g/mol. The molecule has 0 aromatic carbocycles. The molecule has 1 heterocycles. The molecule has 1 aliphatic heterocycles. The molecule has 1 unspecified atom stereocenters. The van der Waals surface area contributed by atoms with Gasteiger partial charge >= 0.3 is 0 Å². The van der Waals surface area contributed by atoms with Gasteiger partial charge in [0.1, 0.15) is 6.10 Å². The van der Waals surface area contributed by atoms with Crippen molar-refractivity contribution in [2.24, 2.45) is 0 Å². The lowest BCUT2D eigenvalue weighted by Gasteiger charge is -2.09. The second-order valence-electron chi connectivity index (χ2n) is 2.46. The average molecular weight is 126 g/mol. The van der Waals surface area contributed by atoms with E-state index in [1.54, 1.807) is 0 Å². The molecule has 0 bridgehead atoms. The van der Waals surface area contributed by atoms with Crippen molar-refractivity contribution in [1.82, 2.24) is 4.90 Å². The predicted octanol–water partition coefficient (Wildman–Crippen LogP) is 0.677. The Balaban J connectivity index is 2.21. The summed E-state index contributed by atoms with van der Waals surface area (Å²) in [4.78, 5) is 2.13. The van der Waals surface area contributed by atoms with Crippen LogP contribution in [0, 0.1) is 0 Å². The lowest BCUT2D eigenvalue weighted by Crippen LogP contribution is -2.21. The Morgan fingerprint density at radius 3 is 3.00 bits per heavy atom. The molecule has 0 amide bonds. The third-order valence-corrected chi connectivity index (χ3v) is 1.62. The van der Waals surface area contributed by atoms with Gasteiger partial charge in [-0.25, -0.2) is 5.11 Å². The molecular formula is C7H12NO. The summed E-state index contributed by atoms with van der Waals surface area (Å²) in [5, 5.41) is 10.7. The summed E-state index contributed by atoms with van der Waals surface area (Å²) in [6.45, 7) is 6.15. The zero-order valence-corrected chi connectivity index (χ0v) is 5.55. The van der Waals surface area contributed by atoms with Crippen LogP contribution >= 0.6 is 0 Å². The minimum absolute atomic E-state index is 0.343. The van der Waals surface area contributed by atoms with Crippen LogP contribution in [0.2, 0.25) is 0 Å². The molecular weight excluding hydrogens is 114 g/mol. The molecule has 2 heteroatoms. The third-order valence-electron chi connectivity index (χ3n) is 1.62. The van der Waals surface area contributed by atoms with Gasteiger partial charge < -0.3 is 0 Å². The molecule has 1 radical (unpaired) electrons. The Bertz CT molecular complexity index is 103. The van der Waals surface area contributed by atoms with E-state index in [1.165, 1.54) is 0 Å². The standard InChI is InChI=1S/C7H12NO/c1-2-4-8-5-3-7(9)6-8/h2,7H,1,3-6H2. The first-order chi connectivity index (χ1) is 4.33. The van der Waals surface area contributed by atoms with Gasteiger partial charge in [-0.2, -0.15) is 0 Å². The van der Waals surface area contributed by atoms with Gasteiger partial charge in [-0.3, -0.25) is 4.90 Å². The normalized spacial score (nSPS) is 28.8. The van der Waals surface area contributed by atoms with Gasteiger partial charge in [0.15, 0.2) is 0 Å². The summed E-state index contributed by atoms with van der Waals surface area (Å²) >= 11 is 0. The Hall–Kier alpha value is -0.340. The topological polar surface area (TPSA) is 23.1 Å². The Labute approximate surface area is 55.8 Å². The van der Waals surface area contributed by atoms with E-state index in [2.05, 4.69) is 11.5 Å². The summed E-state index contributed by atoms with van der Waals surface area (Å²) in [5.74, 6) is 0. The Morgan fingerprint density at radius 1 is 1.78 bits per heavy atom. The first kappa shape index (κ1) is 6.78. The molecule has 9 heavy (non-hydrogen) atoms. The van der Waals surface area contributed by atoms with Crippen molar-refractivity contribution in [3.8, 4) is 0 Å². The van der Waals surface area contributed by atoms with E-state index >= 15 is 0 Å². The van der Waals surface area contributed by atoms with Crippen LogP contribution in [0.3, 0.4) is 0 Å². The second-order valence-corrected chi connectivity index (χ2v) is 2.46. The van der Waals surface area contributed by atoms with E-state index in [1.807, 2.05) is 6.08 Å². The van der Waals surface area contributed by atoms with Crippen LogP contribution in [0.25, 0.3) is 0 Å². The summed E-state index contributed by atoms with van der Waals surface area (Å²) in [5.41, 5.74) is 0. The zero-order valence-electron chi connectivity index (χ0n) is 5.55. The van der Waals surface area contributed by atoms with Crippen LogP contribution in [-0.2, 0) is 5.11 Å². The van der Waals surface area contributed by atoms with Crippen molar-refractivity contribution in [2.45, 2.75) is 12.5 Å². The lowest BCUT2D eigenvalue weighted by atomic mass is 10.3. The maximum Gasteiger partial charge on any atom is 0.107 e. The van der Waals surface area contributed by atoms with E-state index < -0.39 is 0 Å². The highest BCUT2D eigenvalue weighted by Gasteiger charge is 2.19. The number of hydrogen-bond acceptors (Lipinski definition) is 1. The fraction of sp³-hybridized carbons (Fsp3) is 0.714. The average Bonchev–Trinajstić information content (AvgIpc) is 2.17. The molecule has 0 aromatic rings. The molecule has 1 atom stereocenters. The van der Waals surface area contributed by atoms with Crippen LogP contribution in [0.15, 0.2) is 12.7 Å². The SMILES string of the molecule is C=CCN1CCC([O])C1. The quantitative estimate of drug-likeness (QED) is 0.499. The van der Waals surface area contributed by atoms with E-state index in [9.17, 15) is 5.11 Å². The van der Waals surface area contributed by atoms with Crippen molar-refractivity contribution in [1.29, 1.82) is 0 Å². The molecule has 0 spiro atoms. The number of hydrogen-bond donors (Lipinski definition) is 0. The highest BCUT2D eigenvalue weighted by Crippen LogP contribution is 2.07. The number of likely N-dealkylation sites (tertiary alicyclic amines) is 1. The van der Waals surface area contributed by atoms with Gasteiger partial charge in [-0.1, -0.05) is 6.08 Å². The fourth-order valence-electron chi connectivity index (χ4n) is 1.15. The van der Waals surface area contributed by atoms with Crippen molar-refractivity contribution < 1.29 is 5.11 Å². The maximum absolute atomic E-state index is 10.7. The molecule has 0 aliphatic carbocycles. The molecule has 1 aliphatic rings. The fourth-order valence-corrected chi connectivity index (χ4v) is 1.15. The van der Waals surface area contributed by atoms with Gasteiger partial charge in [0.05, 0.1) is 0 Å². The molecule has 51 valence electrons. The number of rotatable bonds is 2. The van der Waals surface area contributed by atoms with Crippen LogP contribution in [0.1, 0.15) is 6.42 Å². The lowest BCUT2D eigenvalue weighted by molar-refractivity contribution is 0.0965. The minimum atomic E-state index is -0.343. The molecule has 1 saturated heterocycles. The highest BCUT2D eigenvalue weighted by atomic mass is 16.3. The van der Waals surface area contributed by atoms with Crippen LogP contribution in [0.5, 0.6) is 0 Å². The second kappa shape index (κ2) is 2.99. The molecule has 0 aromatic heterocycles. The summed E-state index contributed by atoms with van der Waals surface area (Å²) < 4.78 is 0. The first-order valence-corrected chi connectivity index (χ1v) is 3.32. The van der Waals surface area contributed by atoms with Gasteiger partial charge in [0.25, 0.3) is 0 Å². The van der Waals surface area contributed by atoms with Crippen molar-refractivity contribution in [2.75, 3.05) is 19.6 Å². The molecule has 0 saturated carbocycles. The molecule has 0 N–H and O–H groups in total. The van der Waals surface area contributed by atoms with Gasteiger partial charge in [0.2, 0.25) is 0 Å². The van der Waals surface area contributed by atoms with Gasteiger partial charge in [-0.05, 0) is 6.42 Å². The van der Waals surface area contributed by atoms with Crippen LogP contribution in [0.4, 0.5) is 0 Å². The minimum Gasteiger partial charge on any atom is -0.297 e. The first-order valence-electron chi connectivity index (χ1n) is 3.32. The van der Waals surface area contributed by atoms with Gasteiger partial charge in [-0.15, -0.1) is 6.58 Å². The van der Waals surface area contributed by atoms with Crippen LogP contribution in [-0.4, -0.2) is 30.6 Å². The van der Waals surface area contributed by atoms with Crippen molar-refractivity contribution >= 4 is 0 Å².